The molecule has 0 bridgehead atoms. The zero-order valence-electron chi connectivity index (χ0n) is 16.3. The second-order valence-corrected chi connectivity index (χ2v) is 10.3. The minimum absolute atomic E-state index is 0.150. The molecule has 1 aromatic carbocycles. The van der Waals surface area contributed by atoms with Gasteiger partial charge < -0.3 is 10.2 Å². The highest BCUT2D eigenvalue weighted by Crippen LogP contribution is 2.63. The van der Waals surface area contributed by atoms with Gasteiger partial charge in [0, 0.05) is 23.9 Å². The summed E-state index contributed by atoms with van der Waals surface area (Å²) in [5.74, 6) is 0.637. The Bertz CT molecular complexity index is 901. The van der Waals surface area contributed by atoms with Crippen molar-refractivity contribution < 1.29 is 4.79 Å². The van der Waals surface area contributed by atoms with Gasteiger partial charge in [-0.1, -0.05) is 24.3 Å². The molecule has 3 aliphatic carbocycles. The van der Waals surface area contributed by atoms with Crippen LogP contribution in [0.4, 0.5) is 0 Å². The highest BCUT2D eigenvalue weighted by atomic mass is 32.1. The van der Waals surface area contributed by atoms with Gasteiger partial charge in [0.1, 0.15) is 0 Å². The Kier molecular flexibility index (Phi) is 3.80. The van der Waals surface area contributed by atoms with E-state index in [1.165, 1.54) is 36.0 Å². The lowest BCUT2D eigenvalue weighted by molar-refractivity contribution is -0.135. The Morgan fingerprint density at radius 2 is 2.00 bits per heavy atom. The highest BCUT2D eigenvalue weighted by Gasteiger charge is 2.65. The Morgan fingerprint density at radius 3 is 2.82 bits per heavy atom. The van der Waals surface area contributed by atoms with E-state index in [4.69, 9.17) is 0 Å². The minimum Gasteiger partial charge on any atom is -0.335 e. The average Bonchev–Trinajstić information content (AvgIpc) is 3.46. The zero-order chi connectivity index (χ0) is 18.8. The van der Waals surface area contributed by atoms with Crippen LogP contribution in [-0.4, -0.2) is 29.9 Å². The Labute approximate surface area is 171 Å². The van der Waals surface area contributed by atoms with Gasteiger partial charge in [-0.15, -0.1) is 0 Å². The van der Waals surface area contributed by atoms with E-state index in [1.807, 2.05) is 0 Å². The minimum atomic E-state index is 0.150. The third kappa shape index (κ3) is 2.54. The Hall–Kier alpha value is -1.65. The van der Waals surface area contributed by atoms with Gasteiger partial charge in [-0.25, -0.2) is 0 Å². The van der Waals surface area contributed by atoms with Gasteiger partial charge in [0.15, 0.2) is 0 Å². The van der Waals surface area contributed by atoms with Crippen molar-refractivity contribution in [1.82, 2.24) is 10.2 Å². The number of hydrogen-bond acceptors (Lipinski definition) is 3. The molecule has 3 unspecified atom stereocenters. The molecule has 2 heterocycles. The molecule has 3 atom stereocenters. The van der Waals surface area contributed by atoms with E-state index in [0.29, 0.717) is 17.4 Å². The summed E-state index contributed by atoms with van der Waals surface area (Å²) in [6.45, 7) is 3.02. The fraction of sp³-hybridized carbons (Fsp3) is 0.542. The molecule has 1 saturated heterocycles. The summed E-state index contributed by atoms with van der Waals surface area (Å²) in [5, 5.41) is 7.85. The first-order chi connectivity index (χ1) is 13.7. The zero-order valence-corrected chi connectivity index (χ0v) is 17.1. The van der Waals surface area contributed by atoms with Crippen molar-refractivity contribution in [2.45, 2.75) is 56.5 Å². The lowest BCUT2D eigenvalue weighted by atomic mass is 9.92. The van der Waals surface area contributed by atoms with Crippen molar-refractivity contribution in [2.24, 2.45) is 11.3 Å². The standard InChI is InChI=1S/C24H28N2OS/c27-22(20-13-24(20)7-5-18-3-1-2-4-19(18)24)26(15-17-6-12-28-16-17)21-14-23(21)8-10-25-11-9-23/h1-4,6,12,16,20-21,25H,5,7-11,13-15H2. The van der Waals surface area contributed by atoms with Gasteiger partial charge in [0.25, 0.3) is 0 Å². The molecular weight excluding hydrogens is 364 g/mol. The molecule has 1 aromatic heterocycles. The van der Waals surface area contributed by atoms with Crippen LogP contribution in [0.3, 0.4) is 0 Å². The molecule has 2 spiro atoms. The maximum atomic E-state index is 13.8. The van der Waals surface area contributed by atoms with Crippen LogP contribution in [0.5, 0.6) is 0 Å². The van der Waals surface area contributed by atoms with Crippen LogP contribution >= 0.6 is 11.3 Å². The van der Waals surface area contributed by atoms with Crippen LogP contribution in [0, 0.1) is 11.3 Å². The summed E-state index contributed by atoms with van der Waals surface area (Å²) in [7, 11) is 0. The highest BCUT2D eigenvalue weighted by molar-refractivity contribution is 7.07. The molecule has 28 heavy (non-hydrogen) atoms. The molecule has 4 heteroatoms. The summed E-state index contributed by atoms with van der Waals surface area (Å²) >= 11 is 1.74. The third-order valence-corrected chi connectivity index (χ3v) is 8.84. The normalized spacial score (nSPS) is 31.7. The predicted molar refractivity (Wildman–Crippen MR) is 112 cm³/mol. The molecule has 4 aliphatic rings. The number of piperidine rings is 1. The number of benzene rings is 1. The van der Waals surface area contributed by atoms with Gasteiger partial charge in [-0.2, -0.15) is 11.3 Å². The maximum Gasteiger partial charge on any atom is 0.227 e. The van der Waals surface area contributed by atoms with Gasteiger partial charge in [-0.3, -0.25) is 4.79 Å². The molecule has 6 rings (SSSR count). The van der Waals surface area contributed by atoms with E-state index >= 15 is 0 Å². The summed E-state index contributed by atoms with van der Waals surface area (Å²) in [4.78, 5) is 16.1. The van der Waals surface area contributed by atoms with Gasteiger partial charge >= 0.3 is 0 Å². The fourth-order valence-electron chi connectivity index (χ4n) is 6.27. The van der Waals surface area contributed by atoms with Crippen LogP contribution in [0.25, 0.3) is 0 Å². The molecule has 3 fully saturated rings. The van der Waals surface area contributed by atoms with Gasteiger partial charge in [0.2, 0.25) is 5.91 Å². The van der Waals surface area contributed by atoms with Crippen LogP contribution < -0.4 is 5.32 Å². The largest absolute Gasteiger partial charge is 0.335 e. The summed E-state index contributed by atoms with van der Waals surface area (Å²) in [6.07, 6.45) is 7.02. The smallest absolute Gasteiger partial charge is 0.227 e. The second kappa shape index (κ2) is 6.17. The number of rotatable bonds is 4. The molecule has 0 radical (unpaired) electrons. The molecule has 146 valence electrons. The van der Waals surface area contributed by atoms with Gasteiger partial charge in [0.05, 0.1) is 0 Å². The number of hydrogen-bond donors (Lipinski definition) is 1. The first kappa shape index (κ1) is 17.2. The number of amides is 1. The number of fused-ring (bicyclic) bond motifs is 2. The number of nitrogens with one attached hydrogen (secondary N) is 1. The van der Waals surface area contributed by atoms with E-state index in [0.717, 1.165) is 38.9 Å². The number of nitrogens with zero attached hydrogens (tertiary/aromatic N) is 1. The molecule has 1 aliphatic heterocycles. The van der Waals surface area contributed by atoms with Crippen LogP contribution in [0.1, 0.15) is 48.8 Å². The van der Waals surface area contributed by atoms with Crippen LogP contribution in [0.15, 0.2) is 41.1 Å². The number of carbonyl (C=O) groups excluding carboxylic acids is 1. The van der Waals surface area contributed by atoms with Crippen molar-refractivity contribution in [3.8, 4) is 0 Å². The van der Waals surface area contributed by atoms with Crippen molar-refractivity contribution in [2.75, 3.05) is 13.1 Å². The fourth-order valence-corrected chi connectivity index (χ4v) is 6.93. The number of thiophene rings is 1. The predicted octanol–water partition coefficient (Wildman–Crippen LogP) is 4.12. The van der Waals surface area contributed by atoms with E-state index in [1.54, 1.807) is 11.3 Å². The molecule has 1 amide bonds. The number of aryl methyl sites for hydroxylation is 1. The van der Waals surface area contributed by atoms with Crippen molar-refractivity contribution in [3.05, 3.63) is 57.8 Å². The molecule has 2 aromatic rings. The first-order valence-corrected chi connectivity index (χ1v) is 11.8. The van der Waals surface area contributed by atoms with Crippen LogP contribution in [-0.2, 0) is 23.2 Å². The number of carbonyl (C=O) groups is 1. The van der Waals surface area contributed by atoms with E-state index < -0.39 is 0 Å². The SMILES string of the molecule is O=C(C1CC12CCc1ccccc12)N(Cc1ccsc1)C1CC12CCNCC2. The van der Waals surface area contributed by atoms with E-state index in [-0.39, 0.29) is 11.3 Å². The third-order valence-electron chi connectivity index (χ3n) is 8.11. The van der Waals surface area contributed by atoms with Crippen LogP contribution in [0.2, 0.25) is 0 Å². The molecule has 2 saturated carbocycles. The molecular formula is C24H28N2OS. The Balaban J connectivity index is 1.27. The van der Waals surface area contributed by atoms with Gasteiger partial charge in [-0.05, 0) is 90.5 Å². The average molecular weight is 393 g/mol. The second-order valence-electron chi connectivity index (χ2n) is 9.50. The molecule has 1 N–H and O–H groups in total. The molecule has 3 nitrogen and oxygen atoms in total. The van der Waals surface area contributed by atoms with E-state index in [9.17, 15) is 4.79 Å². The van der Waals surface area contributed by atoms with Crippen molar-refractivity contribution >= 4 is 17.2 Å². The monoisotopic (exact) mass is 392 g/mol. The first-order valence-electron chi connectivity index (χ1n) is 10.8. The summed E-state index contributed by atoms with van der Waals surface area (Å²) in [6, 6.07) is 11.5. The van der Waals surface area contributed by atoms with Crippen molar-refractivity contribution in [1.29, 1.82) is 0 Å². The topological polar surface area (TPSA) is 32.3 Å². The lowest BCUT2D eigenvalue weighted by Crippen LogP contribution is -2.40. The lowest BCUT2D eigenvalue weighted by Gasteiger charge is -2.30. The Morgan fingerprint density at radius 1 is 1.14 bits per heavy atom. The quantitative estimate of drug-likeness (QED) is 0.849. The summed E-state index contributed by atoms with van der Waals surface area (Å²) < 4.78 is 0. The van der Waals surface area contributed by atoms with Crippen molar-refractivity contribution in [3.63, 3.8) is 0 Å². The van der Waals surface area contributed by atoms with E-state index in [2.05, 4.69) is 51.3 Å². The summed E-state index contributed by atoms with van der Waals surface area (Å²) in [5.41, 5.74) is 4.79. The maximum absolute atomic E-state index is 13.8.